The zero-order valence-corrected chi connectivity index (χ0v) is 17.9. The van der Waals surface area contributed by atoms with Gasteiger partial charge in [0, 0.05) is 30.7 Å². The van der Waals surface area contributed by atoms with E-state index in [4.69, 9.17) is 16.3 Å². The number of halogens is 1. The first-order chi connectivity index (χ1) is 15.3. The van der Waals surface area contributed by atoms with Crippen LogP contribution in [0, 0.1) is 10.1 Å². The molecule has 1 atom stereocenters. The van der Waals surface area contributed by atoms with Crippen LogP contribution in [0.4, 0.5) is 11.4 Å². The van der Waals surface area contributed by atoms with Crippen LogP contribution in [0.25, 0.3) is 0 Å². The van der Waals surface area contributed by atoms with E-state index in [9.17, 15) is 24.5 Å². The summed E-state index contributed by atoms with van der Waals surface area (Å²) in [5.41, 5.74) is 0.349. The molecule has 0 spiro atoms. The lowest BCUT2D eigenvalue weighted by atomic mass is 10.1. The highest BCUT2D eigenvalue weighted by atomic mass is 35.5. The number of likely N-dealkylation sites (tertiary alicyclic amines) is 1. The SMILES string of the molecule is O=C(CN1CCCCCC1=O)OC(C(=O)Nc1ccc([N+](=O)[O-])cc1Cl)c1ccccc1. The Morgan fingerprint density at radius 1 is 1.16 bits per heavy atom. The van der Waals surface area contributed by atoms with Gasteiger partial charge >= 0.3 is 5.97 Å². The van der Waals surface area contributed by atoms with E-state index in [1.54, 1.807) is 30.3 Å². The molecule has 1 fully saturated rings. The Labute approximate surface area is 189 Å². The number of nitro benzene ring substituents is 1. The molecule has 2 amide bonds. The molecular weight excluding hydrogens is 438 g/mol. The third kappa shape index (κ3) is 6.04. The minimum absolute atomic E-state index is 0.0270. The highest BCUT2D eigenvalue weighted by Crippen LogP contribution is 2.28. The number of hydrogen-bond donors (Lipinski definition) is 1. The normalized spacial score (nSPS) is 14.9. The van der Waals surface area contributed by atoms with Crippen molar-refractivity contribution in [1.82, 2.24) is 4.90 Å². The van der Waals surface area contributed by atoms with E-state index < -0.39 is 22.9 Å². The Morgan fingerprint density at radius 3 is 2.59 bits per heavy atom. The molecule has 0 bridgehead atoms. The summed E-state index contributed by atoms with van der Waals surface area (Å²) in [6.45, 7) is 0.224. The molecule has 2 aromatic carbocycles. The third-order valence-corrected chi connectivity index (χ3v) is 5.32. The lowest BCUT2D eigenvalue weighted by Crippen LogP contribution is -2.37. The maximum absolute atomic E-state index is 13.0. The average Bonchev–Trinajstić information content (AvgIpc) is 2.97. The molecule has 0 radical (unpaired) electrons. The summed E-state index contributed by atoms with van der Waals surface area (Å²) in [6.07, 6.45) is 1.60. The minimum atomic E-state index is -1.29. The molecule has 1 unspecified atom stereocenters. The zero-order chi connectivity index (χ0) is 23.1. The number of rotatable bonds is 7. The van der Waals surface area contributed by atoms with Gasteiger partial charge in [0.15, 0.2) is 0 Å². The van der Waals surface area contributed by atoms with Gasteiger partial charge in [-0.1, -0.05) is 48.4 Å². The molecule has 3 rings (SSSR count). The lowest BCUT2D eigenvalue weighted by Gasteiger charge is -2.22. The summed E-state index contributed by atoms with van der Waals surface area (Å²) < 4.78 is 5.47. The number of amides is 2. The van der Waals surface area contributed by atoms with Crippen LogP contribution in [0.2, 0.25) is 5.02 Å². The molecular formula is C22H22ClN3O6. The van der Waals surface area contributed by atoms with Gasteiger partial charge in [-0.05, 0) is 18.9 Å². The summed E-state index contributed by atoms with van der Waals surface area (Å²) in [5, 5.41) is 13.4. The van der Waals surface area contributed by atoms with Gasteiger partial charge in [0.1, 0.15) is 6.54 Å². The molecule has 10 heteroatoms. The smallest absolute Gasteiger partial charge is 0.326 e. The van der Waals surface area contributed by atoms with E-state index in [0.717, 1.165) is 25.3 Å². The van der Waals surface area contributed by atoms with Gasteiger partial charge in [0.25, 0.3) is 11.6 Å². The van der Waals surface area contributed by atoms with Crippen molar-refractivity contribution < 1.29 is 24.0 Å². The predicted molar refractivity (Wildman–Crippen MR) is 117 cm³/mol. The predicted octanol–water partition coefficient (Wildman–Crippen LogP) is 3.87. The zero-order valence-electron chi connectivity index (χ0n) is 17.2. The van der Waals surface area contributed by atoms with Gasteiger partial charge in [-0.3, -0.25) is 24.5 Å². The Morgan fingerprint density at radius 2 is 1.91 bits per heavy atom. The lowest BCUT2D eigenvalue weighted by molar-refractivity contribution is -0.384. The first-order valence-electron chi connectivity index (χ1n) is 10.1. The summed E-state index contributed by atoms with van der Waals surface area (Å²) in [6, 6.07) is 12.0. The fourth-order valence-electron chi connectivity index (χ4n) is 3.35. The Hall–Kier alpha value is -3.46. The molecule has 1 aliphatic rings. The number of benzene rings is 2. The topological polar surface area (TPSA) is 119 Å². The fraction of sp³-hybridized carbons (Fsp3) is 0.318. The highest BCUT2D eigenvalue weighted by molar-refractivity contribution is 6.34. The second-order valence-corrected chi connectivity index (χ2v) is 7.72. The minimum Gasteiger partial charge on any atom is -0.446 e. The van der Waals surface area contributed by atoms with Crippen molar-refractivity contribution in [2.24, 2.45) is 0 Å². The van der Waals surface area contributed by atoms with Crippen LogP contribution in [0.1, 0.15) is 37.4 Å². The summed E-state index contributed by atoms with van der Waals surface area (Å²) in [7, 11) is 0. The second-order valence-electron chi connectivity index (χ2n) is 7.32. The standard InChI is InChI=1S/C22H22ClN3O6/c23-17-13-16(26(30)31)10-11-18(17)24-22(29)21(15-7-3-1-4-8-15)32-20(28)14-25-12-6-2-5-9-19(25)27/h1,3-4,7-8,10-11,13,21H,2,5-6,9,12,14H2,(H,24,29). The maximum atomic E-state index is 13.0. The van der Waals surface area contributed by atoms with Gasteiger partial charge in [-0.25, -0.2) is 0 Å². The number of carbonyl (C=O) groups is 3. The van der Waals surface area contributed by atoms with Crippen molar-refractivity contribution in [3.05, 3.63) is 69.2 Å². The molecule has 168 valence electrons. The van der Waals surface area contributed by atoms with Gasteiger partial charge in [0.05, 0.1) is 15.6 Å². The first kappa shape index (κ1) is 23.2. The molecule has 0 aromatic heterocycles. The largest absolute Gasteiger partial charge is 0.446 e. The number of nitro groups is 1. The van der Waals surface area contributed by atoms with Crippen molar-refractivity contribution in [2.75, 3.05) is 18.4 Å². The molecule has 2 aromatic rings. The van der Waals surface area contributed by atoms with Gasteiger partial charge in [0.2, 0.25) is 12.0 Å². The van der Waals surface area contributed by atoms with E-state index in [2.05, 4.69) is 5.32 Å². The van der Waals surface area contributed by atoms with Gasteiger partial charge in [-0.2, -0.15) is 0 Å². The van der Waals surface area contributed by atoms with Gasteiger partial charge in [-0.15, -0.1) is 0 Å². The summed E-state index contributed by atoms with van der Waals surface area (Å²) >= 11 is 6.06. The van der Waals surface area contributed by atoms with E-state index >= 15 is 0 Å². The van der Waals surface area contributed by atoms with Gasteiger partial charge < -0.3 is 15.0 Å². The van der Waals surface area contributed by atoms with Crippen LogP contribution in [0.5, 0.6) is 0 Å². The molecule has 0 aliphatic carbocycles. The van der Waals surface area contributed by atoms with Crippen molar-refractivity contribution in [3.8, 4) is 0 Å². The number of nitrogens with zero attached hydrogens (tertiary/aromatic N) is 2. The number of esters is 1. The maximum Gasteiger partial charge on any atom is 0.326 e. The van der Waals surface area contributed by atoms with Crippen LogP contribution in [0.15, 0.2) is 48.5 Å². The fourth-order valence-corrected chi connectivity index (χ4v) is 3.57. The molecule has 1 heterocycles. The molecule has 0 saturated carbocycles. The van der Waals surface area contributed by atoms with Crippen LogP contribution in [-0.4, -0.2) is 40.7 Å². The highest BCUT2D eigenvalue weighted by Gasteiger charge is 2.28. The van der Waals surface area contributed by atoms with Crippen LogP contribution >= 0.6 is 11.6 Å². The van der Waals surface area contributed by atoms with Crippen molar-refractivity contribution in [1.29, 1.82) is 0 Å². The van der Waals surface area contributed by atoms with Crippen LogP contribution in [0.3, 0.4) is 0 Å². The number of ether oxygens (including phenoxy) is 1. The average molecular weight is 460 g/mol. The number of nitrogens with one attached hydrogen (secondary N) is 1. The van der Waals surface area contributed by atoms with Crippen molar-refractivity contribution in [3.63, 3.8) is 0 Å². The number of carbonyl (C=O) groups excluding carboxylic acids is 3. The summed E-state index contributed by atoms with van der Waals surface area (Å²) in [4.78, 5) is 49.5. The monoisotopic (exact) mass is 459 g/mol. The molecule has 32 heavy (non-hydrogen) atoms. The van der Waals surface area contributed by atoms with E-state index in [0.29, 0.717) is 18.5 Å². The Kier molecular flexibility index (Phi) is 7.77. The van der Waals surface area contributed by atoms with Crippen molar-refractivity contribution in [2.45, 2.75) is 31.8 Å². The second kappa shape index (κ2) is 10.7. The molecule has 1 aliphatic heterocycles. The van der Waals surface area contributed by atoms with Crippen LogP contribution < -0.4 is 5.32 Å². The van der Waals surface area contributed by atoms with E-state index in [-0.39, 0.29) is 28.8 Å². The quantitative estimate of drug-likeness (QED) is 0.381. The summed E-state index contributed by atoms with van der Waals surface area (Å²) in [5.74, 6) is -1.50. The molecule has 9 nitrogen and oxygen atoms in total. The molecule has 1 saturated heterocycles. The Bertz CT molecular complexity index is 1010. The van der Waals surface area contributed by atoms with Crippen LogP contribution in [-0.2, 0) is 19.1 Å². The van der Waals surface area contributed by atoms with E-state index in [1.807, 2.05) is 0 Å². The third-order valence-electron chi connectivity index (χ3n) is 5.00. The number of non-ortho nitro benzene ring substituents is 1. The Balaban J connectivity index is 1.75. The number of anilines is 1. The van der Waals surface area contributed by atoms with Crippen molar-refractivity contribution >= 4 is 40.8 Å². The number of hydrogen-bond acceptors (Lipinski definition) is 6. The first-order valence-corrected chi connectivity index (χ1v) is 10.5. The molecule has 1 N–H and O–H groups in total. The van der Waals surface area contributed by atoms with E-state index in [1.165, 1.54) is 17.0 Å².